The summed E-state index contributed by atoms with van der Waals surface area (Å²) >= 11 is 1.66. The minimum absolute atomic E-state index is 0.580. The fourth-order valence-electron chi connectivity index (χ4n) is 1.53. The molecule has 4 heteroatoms. The van der Waals surface area contributed by atoms with Gasteiger partial charge in [-0.1, -0.05) is 13.8 Å². The third-order valence-electron chi connectivity index (χ3n) is 2.76. The summed E-state index contributed by atoms with van der Waals surface area (Å²) in [7, 11) is 2.17. The van der Waals surface area contributed by atoms with Gasteiger partial charge in [0.05, 0.1) is 11.2 Å². The third-order valence-corrected chi connectivity index (χ3v) is 3.40. The Morgan fingerprint density at radius 3 is 2.75 bits per heavy atom. The number of thiazole rings is 1. The molecule has 0 fully saturated rings. The summed E-state index contributed by atoms with van der Waals surface area (Å²) in [5.74, 6) is 0. The van der Waals surface area contributed by atoms with Gasteiger partial charge in [-0.15, -0.1) is 11.3 Å². The highest BCUT2D eigenvalue weighted by Crippen LogP contribution is 2.08. The molecule has 0 aliphatic rings. The highest BCUT2D eigenvalue weighted by atomic mass is 32.1. The van der Waals surface area contributed by atoms with Crippen LogP contribution in [0.15, 0.2) is 10.9 Å². The van der Waals surface area contributed by atoms with Crippen LogP contribution in [0.3, 0.4) is 0 Å². The SMILES string of the molecule is CC(C)NCCC(C)N(C)Cc1cscn1. The van der Waals surface area contributed by atoms with E-state index in [1.807, 2.05) is 5.51 Å². The van der Waals surface area contributed by atoms with E-state index in [-0.39, 0.29) is 0 Å². The van der Waals surface area contributed by atoms with Gasteiger partial charge in [0.1, 0.15) is 0 Å². The van der Waals surface area contributed by atoms with Crippen molar-refractivity contribution in [2.45, 2.75) is 45.8 Å². The lowest BCUT2D eigenvalue weighted by Gasteiger charge is -2.24. The molecule has 0 radical (unpaired) electrons. The van der Waals surface area contributed by atoms with Crippen molar-refractivity contribution in [2.24, 2.45) is 0 Å². The summed E-state index contributed by atoms with van der Waals surface area (Å²) in [4.78, 5) is 6.67. The molecule has 0 bridgehead atoms. The van der Waals surface area contributed by atoms with Crippen LogP contribution in [0.4, 0.5) is 0 Å². The summed E-state index contributed by atoms with van der Waals surface area (Å²) in [5, 5.41) is 5.57. The zero-order chi connectivity index (χ0) is 12.0. The molecule has 1 rings (SSSR count). The molecular weight excluding hydrogens is 218 g/mol. The van der Waals surface area contributed by atoms with Gasteiger partial charge in [0.15, 0.2) is 0 Å². The number of aromatic nitrogens is 1. The molecule has 0 aliphatic carbocycles. The number of rotatable bonds is 7. The first-order chi connectivity index (χ1) is 7.59. The topological polar surface area (TPSA) is 28.2 Å². The van der Waals surface area contributed by atoms with Crippen molar-refractivity contribution in [3.05, 3.63) is 16.6 Å². The van der Waals surface area contributed by atoms with Crippen molar-refractivity contribution in [1.29, 1.82) is 0 Å². The summed E-state index contributed by atoms with van der Waals surface area (Å²) in [6.07, 6.45) is 1.18. The Hall–Kier alpha value is -0.450. The van der Waals surface area contributed by atoms with Crippen LogP contribution in [-0.4, -0.2) is 35.6 Å². The number of hydrogen-bond donors (Lipinski definition) is 1. The molecule has 3 nitrogen and oxygen atoms in total. The van der Waals surface area contributed by atoms with E-state index < -0.39 is 0 Å². The van der Waals surface area contributed by atoms with E-state index in [0.717, 1.165) is 13.1 Å². The van der Waals surface area contributed by atoms with Crippen LogP contribution >= 0.6 is 11.3 Å². The predicted molar refractivity (Wildman–Crippen MR) is 70.8 cm³/mol. The van der Waals surface area contributed by atoms with Crippen molar-refractivity contribution in [3.8, 4) is 0 Å². The van der Waals surface area contributed by atoms with Crippen LogP contribution in [0, 0.1) is 0 Å². The zero-order valence-corrected chi connectivity index (χ0v) is 11.5. The average Bonchev–Trinajstić information content (AvgIpc) is 2.69. The van der Waals surface area contributed by atoms with Crippen molar-refractivity contribution < 1.29 is 0 Å². The first-order valence-electron chi connectivity index (χ1n) is 5.90. The largest absolute Gasteiger partial charge is 0.314 e. The average molecular weight is 241 g/mol. The van der Waals surface area contributed by atoms with Crippen LogP contribution in [0.1, 0.15) is 32.9 Å². The van der Waals surface area contributed by atoms with Gasteiger partial charge in [0, 0.05) is 24.0 Å². The molecule has 1 atom stereocenters. The van der Waals surface area contributed by atoms with Gasteiger partial charge in [0.2, 0.25) is 0 Å². The first kappa shape index (κ1) is 13.6. The predicted octanol–water partition coefficient (Wildman–Crippen LogP) is 2.35. The molecule has 0 aliphatic heterocycles. The Labute approximate surface area is 103 Å². The molecule has 1 aromatic heterocycles. The van der Waals surface area contributed by atoms with Crippen molar-refractivity contribution in [1.82, 2.24) is 15.2 Å². The van der Waals surface area contributed by atoms with E-state index in [1.54, 1.807) is 11.3 Å². The first-order valence-corrected chi connectivity index (χ1v) is 6.84. The second-order valence-electron chi connectivity index (χ2n) is 4.64. The van der Waals surface area contributed by atoms with Gasteiger partial charge in [-0.3, -0.25) is 4.90 Å². The monoisotopic (exact) mass is 241 g/mol. The fourth-order valence-corrected chi connectivity index (χ4v) is 2.08. The molecule has 0 amide bonds. The van der Waals surface area contributed by atoms with Gasteiger partial charge in [0.25, 0.3) is 0 Å². The normalized spacial score (nSPS) is 13.6. The van der Waals surface area contributed by atoms with E-state index in [1.165, 1.54) is 12.1 Å². The minimum Gasteiger partial charge on any atom is -0.314 e. The third kappa shape index (κ3) is 5.05. The second-order valence-corrected chi connectivity index (χ2v) is 5.36. The molecule has 0 aromatic carbocycles. The Kier molecular flexibility index (Phi) is 5.95. The molecule has 0 saturated heterocycles. The van der Waals surface area contributed by atoms with Gasteiger partial charge in [-0.05, 0) is 26.9 Å². The van der Waals surface area contributed by atoms with Crippen LogP contribution in [0.5, 0.6) is 0 Å². The zero-order valence-electron chi connectivity index (χ0n) is 10.7. The molecule has 92 valence electrons. The molecule has 1 aromatic rings. The maximum Gasteiger partial charge on any atom is 0.0795 e. The van der Waals surface area contributed by atoms with Crippen LogP contribution in [-0.2, 0) is 6.54 Å². The lowest BCUT2D eigenvalue weighted by atomic mass is 10.2. The van der Waals surface area contributed by atoms with Gasteiger partial charge < -0.3 is 5.32 Å². The molecule has 1 N–H and O–H groups in total. The highest BCUT2D eigenvalue weighted by molar-refractivity contribution is 7.07. The second kappa shape index (κ2) is 6.99. The lowest BCUT2D eigenvalue weighted by molar-refractivity contribution is 0.233. The van der Waals surface area contributed by atoms with Gasteiger partial charge in [-0.25, -0.2) is 4.98 Å². The smallest absolute Gasteiger partial charge is 0.0795 e. The molecular formula is C12H23N3S. The number of nitrogens with zero attached hydrogens (tertiary/aromatic N) is 2. The maximum absolute atomic E-state index is 4.31. The summed E-state index contributed by atoms with van der Waals surface area (Å²) < 4.78 is 0. The van der Waals surface area contributed by atoms with E-state index >= 15 is 0 Å². The molecule has 0 spiro atoms. The molecule has 1 unspecified atom stereocenters. The molecule has 0 saturated carbocycles. The van der Waals surface area contributed by atoms with E-state index in [0.29, 0.717) is 12.1 Å². The van der Waals surface area contributed by atoms with Gasteiger partial charge in [-0.2, -0.15) is 0 Å². The van der Waals surface area contributed by atoms with Crippen LogP contribution in [0.25, 0.3) is 0 Å². The fraction of sp³-hybridized carbons (Fsp3) is 0.750. The molecule has 1 heterocycles. The Balaban J connectivity index is 2.22. The summed E-state index contributed by atoms with van der Waals surface area (Å²) in [5.41, 5.74) is 3.07. The van der Waals surface area contributed by atoms with Crippen LogP contribution in [0.2, 0.25) is 0 Å². The lowest BCUT2D eigenvalue weighted by Crippen LogP contribution is -2.33. The number of nitrogens with one attached hydrogen (secondary N) is 1. The summed E-state index contributed by atoms with van der Waals surface area (Å²) in [6, 6.07) is 1.17. The quantitative estimate of drug-likeness (QED) is 0.794. The standard InChI is InChI=1S/C12H23N3S/c1-10(2)13-6-5-11(3)15(4)7-12-8-16-9-14-12/h8-11,13H,5-7H2,1-4H3. The molecule has 16 heavy (non-hydrogen) atoms. The van der Waals surface area contributed by atoms with Crippen molar-refractivity contribution >= 4 is 11.3 Å². The maximum atomic E-state index is 4.31. The Morgan fingerprint density at radius 1 is 1.44 bits per heavy atom. The highest BCUT2D eigenvalue weighted by Gasteiger charge is 2.10. The Bertz CT molecular complexity index is 272. The Morgan fingerprint density at radius 2 is 2.19 bits per heavy atom. The minimum atomic E-state index is 0.580. The summed E-state index contributed by atoms with van der Waals surface area (Å²) in [6.45, 7) is 8.67. The van der Waals surface area contributed by atoms with Crippen LogP contribution < -0.4 is 5.32 Å². The van der Waals surface area contributed by atoms with E-state index in [4.69, 9.17) is 0 Å². The number of hydrogen-bond acceptors (Lipinski definition) is 4. The van der Waals surface area contributed by atoms with Gasteiger partial charge >= 0.3 is 0 Å². The van der Waals surface area contributed by atoms with Crippen molar-refractivity contribution in [2.75, 3.05) is 13.6 Å². The van der Waals surface area contributed by atoms with E-state index in [9.17, 15) is 0 Å². The van der Waals surface area contributed by atoms with E-state index in [2.05, 4.69) is 48.4 Å². The van der Waals surface area contributed by atoms with Crippen molar-refractivity contribution in [3.63, 3.8) is 0 Å².